The van der Waals surface area contributed by atoms with E-state index in [0.717, 1.165) is 11.3 Å². The molecule has 158 valence electrons. The Labute approximate surface area is 178 Å². The maximum Gasteiger partial charge on any atom is 0.248 e. The van der Waals surface area contributed by atoms with Crippen molar-refractivity contribution in [1.29, 1.82) is 0 Å². The lowest BCUT2D eigenvalue weighted by Gasteiger charge is -2.10. The Balaban J connectivity index is 1.63. The summed E-state index contributed by atoms with van der Waals surface area (Å²) in [6.07, 6.45) is 6.53. The van der Waals surface area contributed by atoms with Crippen LogP contribution in [-0.4, -0.2) is 45.7 Å². The lowest BCUT2D eigenvalue weighted by molar-refractivity contribution is 0.101. The second-order valence-corrected chi connectivity index (χ2v) is 6.83. The molecular weight excluding hydrogens is 399 g/mol. The van der Waals surface area contributed by atoms with Gasteiger partial charge in [0.1, 0.15) is 23.6 Å². The van der Waals surface area contributed by atoms with E-state index in [4.69, 9.17) is 9.47 Å². The zero-order valence-corrected chi connectivity index (χ0v) is 17.2. The summed E-state index contributed by atoms with van der Waals surface area (Å²) in [6, 6.07) is 11.9. The van der Waals surface area contributed by atoms with Crippen LogP contribution in [0.2, 0.25) is 0 Å². The number of methoxy groups -OCH3 is 2. The van der Waals surface area contributed by atoms with Gasteiger partial charge in [-0.25, -0.2) is 14.4 Å². The van der Waals surface area contributed by atoms with Crippen molar-refractivity contribution in [3.63, 3.8) is 0 Å². The normalized spacial score (nSPS) is 10.9. The molecule has 2 aromatic heterocycles. The fraction of sp³-hybridized carbons (Fsp3) is 0.174. The van der Waals surface area contributed by atoms with E-state index >= 15 is 0 Å². The first kappa shape index (κ1) is 20.5. The van der Waals surface area contributed by atoms with Crippen LogP contribution < -0.4 is 4.74 Å². The fourth-order valence-corrected chi connectivity index (χ4v) is 3.32. The topological polar surface area (TPSA) is 71.2 Å². The van der Waals surface area contributed by atoms with E-state index < -0.39 is 0 Å². The number of aromatic nitrogens is 4. The monoisotopic (exact) mass is 420 g/mol. The van der Waals surface area contributed by atoms with Crippen molar-refractivity contribution in [2.45, 2.75) is 6.54 Å². The molecule has 0 radical (unpaired) electrons. The van der Waals surface area contributed by atoms with E-state index in [2.05, 4.69) is 9.97 Å². The first-order valence-electron chi connectivity index (χ1n) is 9.64. The molecule has 0 unspecified atom stereocenters. The van der Waals surface area contributed by atoms with Crippen molar-refractivity contribution in [2.75, 3.05) is 20.8 Å². The molecule has 0 amide bonds. The Morgan fingerprint density at radius 1 is 1.13 bits per heavy atom. The third-order valence-corrected chi connectivity index (χ3v) is 4.89. The molecule has 2 heterocycles. The fourth-order valence-electron chi connectivity index (χ4n) is 3.32. The van der Waals surface area contributed by atoms with Gasteiger partial charge >= 0.3 is 0 Å². The SMILES string of the molecule is COCCn1ccnc1C(=O)c1cn(-c2cccc(-c3cc(F)ccc3OC)c2)cn1. The lowest BCUT2D eigenvalue weighted by Crippen LogP contribution is -2.14. The number of benzene rings is 2. The molecule has 0 saturated carbocycles. The van der Waals surface area contributed by atoms with Gasteiger partial charge < -0.3 is 18.6 Å². The molecule has 0 aliphatic carbocycles. The maximum absolute atomic E-state index is 13.8. The van der Waals surface area contributed by atoms with Gasteiger partial charge in [0.15, 0.2) is 5.82 Å². The van der Waals surface area contributed by atoms with Crippen LogP contribution in [0.3, 0.4) is 0 Å². The van der Waals surface area contributed by atoms with E-state index in [0.29, 0.717) is 30.3 Å². The lowest BCUT2D eigenvalue weighted by atomic mass is 10.0. The smallest absolute Gasteiger partial charge is 0.248 e. The Hall–Kier alpha value is -3.78. The zero-order chi connectivity index (χ0) is 21.8. The Kier molecular flexibility index (Phi) is 5.90. The summed E-state index contributed by atoms with van der Waals surface area (Å²) < 4.78 is 27.7. The van der Waals surface area contributed by atoms with Crippen LogP contribution in [0, 0.1) is 5.82 Å². The van der Waals surface area contributed by atoms with Gasteiger partial charge in [0.25, 0.3) is 0 Å². The standard InChI is InChI=1S/C23H21FN4O3/c1-30-11-10-27-9-8-25-23(27)22(29)20-14-28(15-26-20)18-5-3-4-16(12-18)19-13-17(24)6-7-21(19)31-2/h3-9,12-15H,10-11H2,1-2H3. The number of hydrogen-bond acceptors (Lipinski definition) is 5. The van der Waals surface area contributed by atoms with Gasteiger partial charge in [-0.15, -0.1) is 0 Å². The van der Waals surface area contributed by atoms with E-state index in [1.54, 1.807) is 54.3 Å². The third-order valence-electron chi connectivity index (χ3n) is 4.89. The molecule has 0 aliphatic rings. The summed E-state index contributed by atoms with van der Waals surface area (Å²) in [5, 5.41) is 0. The van der Waals surface area contributed by atoms with Crippen LogP contribution in [0.5, 0.6) is 5.75 Å². The molecule has 4 rings (SSSR count). The molecule has 7 nitrogen and oxygen atoms in total. The molecule has 0 bridgehead atoms. The molecule has 0 N–H and O–H groups in total. The van der Waals surface area contributed by atoms with Crippen LogP contribution in [0.1, 0.15) is 16.3 Å². The Bertz CT molecular complexity index is 1220. The Morgan fingerprint density at radius 2 is 2.00 bits per heavy atom. The van der Waals surface area contributed by atoms with Gasteiger partial charge in [-0.3, -0.25) is 4.79 Å². The average molecular weight is 420 g/mol. The first-order valence-corrected chi connectivity index (χ1v) is 9.64. The first-order chi connectivity index (χ1) is 15.1. The predicted molar refractivity (Wildman–Crippen MR) is 113 cm³/mol. The minimum atomic E-state index is -0.347. The predicted octanol–water partition coefficient (Wildman–Crippen LogP) is 3.76. The number of imidazole rings is 2. The molecule has 0 spiro atoms. The van der Waals surface area contributed by atoms with Crippen LogP contribution in [-0.2, 0) is 11.3 Å². The van der Waals surface area contributed by atoms with Crippen LogP contribution in [0.25, 0.3) is 16.8 Å². The molecule has 0 aliphatic heterocycles. The number of halogens is 1. The van der Waals surface area contributed by atoms with Crippen LogP contribution in [0.15, 0.2) is 67.4 Å². The highest BCUT2D eigenvalue weighted by molar-refractivity contribution is 6.05. The summed E-state index contributed by atoms with van der Waals surface area (Å²) in [5.74, 6) is 0.256. The second-order valence-electron chi connectivity index (χ2n) is 6.83. The van der Waals surface area contributed by atoms with Gasteiger partial charge in [-0.1, -0.05) is 12.1 Å². The zero-order valence-electron chi connectivity index (χ0n) is 17.2. The number of ketones is 1. The maximum atomic E-state index is 13.8. The molecule has 4 aromatic rings. The minimum absolute atomic E-state index is 0.275. The van der Waals surface area contributed by atoms with Gasteiger partial charge in [0.05, 0.1) is 13.7 Å². The quantitative estimate of drug-likeness (QED) is 0.406. The molecule has 0 atom stereocenters. The highest BCUT2D eigenvalue weighted by atomic mass is 19.1. The van der Waals surface area contributed by atoms with Crippen LogP contribution in [0.4, 0.5) is 4.39 Å². The van der Waals surface area contributed by atoms with E-state index in [1.807, 2.05) is 24.3 Å². The van der Waals surface area contributed by atoms with Crippen molar-refractivity contribution in [1.82, 2.24) is 19.1 Å². The molecule has 8 heteroatoms. The van der Waals surface area contributed by atoms with Crippen molar-refractivity contribution in [2.24, 2.45) is 0 Å². The second kappa shape index (κ2) is 8.93. The molecule has 0 fully saturated rings. The minimum Gasteiger partial charge on any atom is -0.496 e. The highest BCUT2D eigenvalue weighted by Gasteiger charge is 2.18. The number of rotatable bonds is 8. The number of ether oxygens (including phenoxy) is 2. The molecule has 0 saturated heterocycles. The van der Waals surface area contributed by atoms with Gasteiger partial charge in [-0.05, 0) is 35.9 Å². The van der Waals surface area contributed by atoms with Crippen molar-refractivity contribution >= 4 is 5.78 Å². The molecule has 31 heavy (non-hydrogen) atoms. The molecular formula is C23H21FN4O3. The van der Waals surface area contributed by atoms with E-state index in [-0.39, 0.29) is 17.3 Å². The van der Waals surface area contributed by atoms with E-state index in [9.17, 15) is 9.18 Å². The van der Waals surface area contributed by atoms with Gasteiger partial charge in [0, 0.05) is 43.5 Å². The van der Waals surface area contributed by atoms with E-state index in [1.165, 1.54) is 12.1 Å². The number of carbonyl (C=O) groups excluding carboxylic acids is 1. The summed E-state index contributed by atoms with van der Waals surface area (Å²) in [6.45, 7) is 0.997. The van der Waals surface area contributed by atoms with Crippen LogP contribution >= 0.6 is 0 Å². The average Bonchev–Trinajstić information content (AvgIpc) is 3.47. The van der Waals surface area contributed by atoms with Gasteiger partial charge in [-0.2, -0.15) is 0 Å². The molecule has 2 aromatic carbocycles. The summed E-state index contributed by atoms with van der Waals surface area (Å²) in [4.78, 5) is 21.3. The number of nitrogens with zero attached hydrogens (tertiary/aromatic N) is 4. The summed E-state index contributed by atoms with van der Waals surface area (Å²) in [5.41, 5.74) is 2.48. The number of hydrogen-bond donors (Lipinski definition) is 0. The Morgan fingerprint density at radius 3 is 2.81 bits per heavy atom. The number of carbonyl (C=O) groups is 1. The van der Waals surface area contributed by atoms with Crippen molar-refractivity contribution < 1.29 is 18.7 Å². The largest absolute Gasteiger partial charge is 0.496 e. The third kappa shape index (κ3) is 4.24. The summed E-state index contributed by atoms with van der Waals surface area (Å²) in [7, 11) is 3.15. The van der Waals surface area contributed by atoms with Gasteiger partial charge in [0.2, 0.25) is 5.78 Å². The van der Waals surface area contributed by atoms with Crippen molar-refractivity contribution in [3.05, 3.63) is 84.7 Å². The van der Waals surface area contributed by atoms with Crippen molar-refractivity contribution in [3.8, 4) is 22.6 Å². The summed E-state index contributed by atoms with van der Waals surface area (Å²) >= 11 is 0. The highest BCUT2D eigenvalue weighted by Crippen LogP contribution is 2.31.